The van der Waals surface area contributed by atoms with Crippen LogP contribution in [-0.4, -0.2) is 49.6 Å². The van der Waals surface area contributed by atoms with Crippen molar-refractivity contribution in [1.29, 1.82) is 0 Å². The third-order valence-electron chi connectivity index (χ3n) is 6.37. The second kappa shape index (κ2) is 6.79. The molecule has 2 nitrogen and oxygen atoms in total. The standard InChI is InChI=1S/C18H36N2/c1-6-19(4)11-12-20(5)17-13-18(14-17)9-7-16(8-10-18)15(2)3/h15-17H,6-14H2,1-5H3. The van der Waals surface area contributed by atoms with Gasteiger partial charge in [0.15, 0.2) is 0 Å². The maximum absolute atomic E-state index is 2.62. The van der Waals surface area contributed by atoms with Gasteiger partial charge in [0.2, 0.25) is 0 Å². The van der Waals surface area contributed by atoms with Crippen molar-refractivity contribution in [2.45, 2.75) is 65.3 Å². The number of hydrogen-bond acceptors (Lipinski definition) is 2. The van der Waals surface area contributed by atoms with E-state index in [-0.39, 0.29) is 0 Å². The summed E-state index contributed by atoms with van der Waals surface area (Å²) in [4.78, 5) is 5.03. The molecule has 0 heterocycles. The van der Waals surface area contributed by atoms with E-state index in [1.807, 2.05) is 0 Å². The molecule has 0 aliphatic heterocycles. The first-order valence-corrected chi connectivity index (χ1v) is 8.84. The fraction of sp³-hybridized carbons (Fsp3) is 1.00. The highest BCUT2D eigenvalue weighted by atomic mass is 15.2. The third kappa shape index (κ3) is 3.76. The predicted molar refractivity (Wildman–Crippen MR) is 88.1 cm³/mol. The van der Waals surface area contributed by atoms with Gasteiger partial charge in [-0.05, 0) is 76.4 Å². The van der Waals surface area contributed by atoms with Gasteiger partial charge in [-0.15, -0.1) is 0 Å². The van der Waals surface area contributed by atoms with E-state index >= 15 is 0 Å². The van der Waals surface area contributed by atoms with Crippen molar-refractivity contribution >= 4 is 0 Å². The Labute approximate surface area is 126 Å². The minimum Gasteiger partial charge on any atom is -0.305 e. The molecule has 2 heteroatoms. The van der Waals surface area contributed by atoms with E-state index in [4.69, 9.17) is 0 Å². The zero-order chi connectivity index (χ0) is 14.8. The average Bonchev–Trinajstić information content (AvgIpc) is 2.41. The largest absolute Gasteiger partial charge is 0.305 e. The molecule has 2 aliphatic rings. The van der Waals surface area contributed by atoms with Crippen LogP contribution in [0, 0.1) is 17.3 Å². The Kier molecular flexibility index (Phi) is 5.53. The summed E-state index contributed by atoms with van der Waals surface area (Å²) in [7, 11) is 4.56. The Morgan fingerprint density at radius 3 is 2.15 bits per heavy atom. The monoisotopic (exact) mass is 280 g/mol. The second-order valence-electron chi connectivity index (χ2n) is 8.02. The molecule has 0 aromatic heterocycles. The van der Waals surface area contributed by atoms with Crippen molar-refractivity contribution in [3.63, 3.8) is 0 Å². The van der Waals surface area contributed by atoms with Gasteiger partial charge in [-0.2, -0.15) is 0 Å². The summed E-state index contributed by atoms with van der Waals surface area (Å²) >= 11 is 0. The van der Waals surface area contributed by atoms with E-state index in [2.05, 4.69) is 44.7 Å². The van der Waals surface area contributed by atoms with Crippen LogP contribution in [0.15, 0.2) is 0 Å². The zero-order valence-corrected chi connectivity index (χ0v) is 14.5. The lowest BCUT2D eigenvalue weighted by molar-refractivity contribution is -0.0313. The van der Waals surface area contributed by atoms with Gasteiger partial charge in [-0.3, -0.25) is 0 Å². The minimum absolute atomic E-state index is 0.751. The quantitative estimate of drug-likeness (QED) is 0.729. The van der Waals surface area contributed by atoms with Gasteiger partial charge in [0.25, 0.3) is 0 Å². The minimum atomic E-state index is 0.751. The van der Waals surface area contributed by atoms with Crippen molar-refractivity contribution in [3.8, 4) is 0 Å². The molecule has 0 saturated heterocycles. The van der Waals surface area contributed by atoms with Crippen molar-refractivity contribution < 1.29 is 0 Å². The van der Waals surface area contributed by atoms with Crippen molar-refractivity contribution in [3.05, 3.63) is 0 Å². The molecule has 0 bridgehead atoms. The summed E-state index contributed by atoms with van der Waals surface area (Å²) in [5.74, 6) is 1.91. The van der Waals surface area contributed by atoms with E-state index < -0.39 is 0 Å². The van der Waals surface area contributed by atoms with Gasteiger partial charge in [-0.25, -0.2) is 0 Å². The molecule has 0 radical (unpaired) electrons. The Balaban J connectivity index is 1.69. The van der Waals surface area contributed by atoms with Crippen LogP contribution < -0.4 is 0 Å². The van der Waals surface area contributed by atoms with E-state index in [0.29, 0.717) is 0 Å². The molecule has 2 fully saturated rings. The molecule has 118 valence electrons. The Morgan fingerprint density at radius 2 is 1.65 bits per heavy atom. The van der Waals surface area contributed by atoms with Gasteiger partial charge in [0.05, 0.1) is 0 Å². The SMILES string of the molecule is CCN(C)CCN(C)C1CC2(CCC(C(C)C)CC2)C1. The molecule has 2 aliphatic carbocycles. The topological polar surface area (TPSA) is 6.48 Å². The van der Waals surface area contributed by atoms with Crippen LogP contribution in [0.25, 0.3) is 0 Å². The van der Waals surface area contributed by atoms with Crippen LogP contribution in [0.3, 0.4) is 0 Å². The van der Waals surface area contributed by atoms with Crippen LogP contribution in [0.2, 0.25) is 0 Å². The first-order valence-electron chi connectivity index (χ1n) is 8.84. The van der Waals surface area contributed by atoms with E-state index in [1.54, 1.807) is 0 Å². The van der Waals surface area contributed by atoms with Crippen LogP contribution in [0.4, 0.5) is 0 Å². The van der Waals surface area contributed by atoms with E-state index in [1.165, 1.54) is 58.2 Å². The lowest BCUT2D eigenvalue weighted by Gasteiger charge is -2.54. The van der Waals surface area contributed by atoms with Crippen LogP contribution in [-0.2, 0) is 0 Å². The number of nitrogens with zero attached hydrogens (tertiary/aromatic N) is 2. The molecule has 1 spiro atoms. The number of likely N-dealkylation sites (N-methyl/N-ethyl adjacent to an activating group) is 2. The maximum atomic E-state index is 2.62. The molecule has 0 atom stereocenters. The van der Waals surface area contributed by atoms with Gasteiger partial charge < -0.3 is 9.80 Å². The first kappa shape index (κ1) is 16.3. The lowest BCUT2D eigenvalue weighted by Crippen LogP contribution is -2.52. The van der Waals surface area contributed by atoms with Gasteiger partial charge in [0.1, 0.15) is 0 Å². The van der Waals surface area contributed by atoms with Crippen molar-refractivity contribution in [1.82, 2.24) is 9.80 Å². The maximum Gasteiger partial charge on any atom is 0.0109 e. The van der Waals surface area contributed by atoms with Gasteiger partial charge in [0, 0.05) is 19.1 Å². The molecule has 0 aromatic carbocycles. The molecule has 0 aromatic rings. The summed E-state index contributed by atoms with van der Waals surface area (Å²) in [5.41, 5.74) is 0.751. The van der Waals surface area contributed by atoms with E-state index in [9.17, 15) is 0 Å². The Hall–Kier alpha value is -0.0800. The highest BCUT2D eigenvalue weighted by Crippen LogP contribution is 2.54. The summed E-state index contributed by atoms with van der Waals surface area (Å²) < 4.78 is 0. The third-order valence-corrected chi connectivity index (χ3v) is 6.37. The van der Waals surface area contributed by atoms with Crippen LogP contribution >= 0.6 is 0 Å². The molecule has 0 amide bonds. The lowest BCUT2D eigenvalue weighted by atomic mass is 9.56. The Morgan fingerprint density at radius 1 is 1.05 bits per heavy atom. The highest BCUT2D eigenvalue weighted by Gasteiger charge is 2.47. The first-order chi connectivity index (χ1) is 9.46. The van der Waals surface area contributed by atoms with Crippen molar-refractivity contribution in [2.75, 3.05) is 33.7 Å². The smallest absolute Gasteiger partial charge is 0.0109 e. The Bertz CT molecular complexity index is 284. The molecule has 2 saturated carbocycles. The summed E-state index contributed by atoms with van der Waals surface area (Å²) in [5, 5.41) is 0. The molecular formula is C18H36N2. The average molecular weight is 280 g/mol. The highest BCUT2D eigenvalue weighted by molar-refractivity contribution is 5.00. The number of rotatable bonds is 6. The van der Waals surface area contributed by atoms with Crippen LogP contribution in [0.1, 0.15) is 59.3 Å². The molecule has 2 rings (SSSR count). The predicted octanol–water partition coefficient (Wildman–Crippen LogP) is 3.86. The fourth-order valence-electron chi connectivity index (χ4n) is 4.25. The molecule has 20 heavy (non-hydrogen) atoms. The van der Waals surface area contributed by atoms with Crippen molar-refractivity contribution in [2.24, 2.45) is 17.3 Å². The van der Waals surface area contributed by atoms with Crippen LogP contribution in [0.5, 0.6) is 0 Å². The van der Waals surface area contributed by atoms with Gasteiger partial charge >= 0.3 is 0 Å². The summed E-state index contributed by atoms with van der Waals surface area (Å²) in [6, 6.07) is 0.871. The summed E-state index contributed by atoms with van der Waals surface area (Å²) in [6.45, 7) is 10.7. The fourth-order valence-corrected chi connectivity index (χ4v) is 4.25. The van der Waals surface area contributed by atoms with Gasteiger partial charge in [-0.1, -0.05) is 20.8 Å². The zero-order valence-electron chi connectivity index (χ0n) is 14.5. The molecule has 0 N–H and O–H groups in total. The molecule has 0 unspecified atom stereocenters. The van der Waals surface area contributed by atoms with E-state index in [0.717, 1.165) is 23.3 Å². The number of hydrogen-bond donors (Lipinski definition) is 0. The summed E-state index contributed by atoms with van der Waals surface area (Å²) in [6.07, 6.45) is 8.96. The second-order valence-corrected chi connectivity index (χ2v) is 8.02. The normalized spacial score (nSPS) is 34.2. The molecular weight excluding hydrogens is 244 g/mol.